The highest BCUT2D eigenvalue weighted by Gasteiger charge is 2.33. The number of carbonyl (C=O) groups is 1. The molecule has 1 aliphatic rings. The molecular formula is C22H18ClF3N2O2. The lowest BCUT2D eigenvalue weighted by Gasteiger charge is -2.14. The molecule has 0 atom stereocenters. The van der Waals surface area contributed by atoms with E-state index in [0.29, 0.717) is 24.0 Å². The smallest absolute Gasteiger partial charge is 0.417 e. The molecule has 0 radical (unpaired) electrons. The van der Waals surface area contributed by atoms with Crippen LogP contribution in [-0.4, -0.2) is 12.6 Å². The van der Waals surface area contributed by atoms with Crippen LogP contribution in [0.4, 0.5) is 29.3 Å². The van der Waals surface area contributed by atoms with E-state index in [4.69, 9.17) is 16.3 Å². The zero-order valence-corrected chi connectivity index (χ0v) is 16.5. The molecule has 0 spiro atoms. The summed E-state index contributed by atoms with van der Waals surface area (Å²) in [6, 6.07) is 13.6. The molecule has 1 saturated carbocycles. The second kappa shape index (κ2) is 8.07. The number of hydrogen-bond acceptors (Lipinski definition) is 2. The molecular weight excluding hydrogens is 417 g/mol. The van der Waals surface area contributed by atoms with Crippen molar-refractivity contribution in [2.75, 3.05) is 17.2 Å². The molecule has 2 amide bonds. The highest BCUT2D eigenvalue weighted by atomic mass is 35.5. The molecule has 0 saturated heterocycles. The zero-order valence-electron chi connectivity index (χ0n) is 15.7. The summed E-state index contributed by atoms with van der Waals surface area (Å²) in [7, 11) is 0. The molecule has 0 heterocycles. The number of amides is 2. The van der Waals surface area contributed by atoms with Gasteiger partial charge in [-0.15, -0.1) is 0 Å². The van der Waals surface area contributed by atoms with Crippen LogP contribution in [0.5, 0.6) is 5.75 Å². The number of anilines is 2. The first-order valence-electron chi connectivity index (χ1n) is 9.40. The molecule has 0 aromatic heterocycles. The maximum Gasteiger partial charge on any atom is 0.417 e. The third kappa shape index (κ3) is 4.79. The van der Waals surface area contributed by atoms with Crippen molar-refractivity contribution in [3.05, 3.63) is 65.2 Å². The quantitative estimate of drug-likeness (QED) is 0.456. The second-order valence-electron chi connectivity index (χ2n) is 7.21. The van der Waals surface area contributed by atoms with Gasteiger partial charge in [-0.05, 0) is 60.5 Å². The summed E-state index contributed by atoms with van der Waals surface area (Å²) in [6.45, 7) is 0.666. The Morgan fingerprint density at radius 3 is 2.60 bits per heavy atom. The van der Waals surface area contributed by atoms with Crippen LogP contribution in [0, 0.1) is 5.92 Å². The van der Waals surface area contributed by atoms with Crippen molar-refractivity contribution in [3.8, 4) is 5.75 Å². The summed E-state index contributed by atoms with van der Waals surface area (Å²) in [4.78, 5) is 12.4. The molecule has 3 aromatic carbocycles. The first kappa shape index (κ1) is 20.3. The zero-order chi connectivity index (χ0) is 21.3. The summed E-state index contributed by atoms with van der Waals surface area (Å²) in [5, 5.41) is 6.35. The standard InChI is InChI=1S/C22H18ClF3N2O2/c23-19-9-7-15(10-18(19)22(24,25)26)27-21(29)28-20-3-1-2-14-6-8-16(11-17(14)20)30-12-13-4-5-13/h1-3,6-11,13H,4-5,12H2,(H2,27,28,29). The fourth-order valence-corrected chi connectivity index (χ4v) is 3.28. The average molecular weight is 435 g/mol. The predicted molar refractivity (Wildman–Crippen MR) is 111 cm³/mol. The fourth-order valence-electron chi connectivity index (χ4n) is 3.05. The summed E-state index contributed by atoms with van der Waals surface area (Å²) < 4.78 is 44.9. The number of urea groups is 1. The van der Waals surface area contributed by atoms with Crippen molar-refractivity contribution in [1.82, 2.24) is 0 Å². The first-order chi connectivity index (χ1) is 14.3. The van der Waals surface area contributed by atoms with Crippen molar-refractivity contribution >= 4 is 39.8 Å². The largest absolute Gasteiger partial charge is 0.493 e. The maximum absolute atomic E-state index is 13.0. The van der Waals surface area contributed by atoms with E-state index in [9.17, 15) is 18.0 Å². The van der Waals surface area contributed by atoms with Crippen LogP contribution in [-0.2, 0) is 6.18 Å². The lowest BCUT2D eigenvalue weighted by atomic mass is 10.1. The number of rotatable bonds is 5. The van der Waals surface area contributed by atoms with Crippen molar-refractivity contribution < 1.29 is 22.7 Å². The van der Waals surface area contributed by atoms with Gasteiger partial charge < -0.3 is 15.4 Å². The van der Waals surface area contributed by atoms with Crippen molar-refractivity contribution in [3.63, 3.8) is 0 Å². The van der Waals surface area contributed by atoms with E-state index in [1.54, 1.807) is 12.1 Å². The molecule has 30 heavy (non-hydrogen) atoms. The molecule has 1 aliphatic carbocycles. The minimum atomic E-state index is -4.61. The van der Waals surface area contributed by atoms with Gasteiger partial charge in [0.2, 0.25) is 0 Å². The molecule has 8 heteroatoms. The Kier molecular flexibility index (Phi) is 5.47. The van der Waals surface area contributed by atoms with E-state index < -0.39 is 22.8 Å². The predicted octanol–water partition coefficient (Wildman–Crippen LogP) is 6.94. The molecule has 0 unspecified atom stereocenters. The Balaban J connectivity index is 1.52. The number of carbonyl (C=O) groups excluding carboxylic acids is 1. The monoisotopic (exact) mass is 434 g/mol. The lowest BCUT2D eigenvalue weighted by molar-refractivity contribution is -0.137. The van der Waals surface area contributed by atoms with Crippen molar-refractivity contribution in [2.24, 2.45) is 5.92 Å². The third-order valence-electron chi connectivity index (χ3n) is 4.81. The number of nitrogens with one attached hydrogen (secondary N) is 2. The van der Waals surface area contributed by atoms with Crippen molar-refractivity contribution in [2.45, 2.75) is 19.0 Å². The van der Waals surface area contributed by atoms with Gasteiger partial charge in [-0.1, -0.05) is 29.8 Å². The highest BCUT2D eigenvalue weighted by molar-refractivity contribution is 6.31. The molecule has 3 aromatic rings. The van der Waals surface area contributed by atoms with Crippen LogP contribution in [0.2, 0.25) is 5.02 Å². The topological polar surface area (TPSA) is 50.4 Å². The van der Waals surface area contributed by atoms with E-state index in [0.717, 1.165) is 22.9 Å². The van der Waals surface area contributed by atoms with Crippen LogP contribution in [0.3, 0.4) is 0 Å². The Morgan fingerprint density at radius 1 is 1.07 bits per heavy atom. The Hall–Kier alpha value is -2.93. The van der Waals surface area contributed by atoms with Crippen LogP contribution in [0.25, 0.3) is 10.8 Å². The van der Waals surface area contributed by atoms with Crippen molar-refractivity contribution in [1.29, 1.82) is 0 Å². The molecule has 0 bridgehead atoms. The van der Waals surface area contributed by atoms with Gasteiger partial charge in [-0.2, -0.15) is 13.2 Å². The number of halogens is 4. The third-order valence-corrected chi connectivity index (χ3v) is 5.14. The van der Waals surface area contributed by atoms with Crippen LogP contribution in [0.15, 0.2) is 54.6 Å². The van der Waals surface area contributed by atoms with Gasteiger partial charge in [0.15, 0.2) is 0 Å². The van der Waals surface area contributed by atoms with Crippen LogP contribution in [0.1, 0.15) is 18.4 Å². The maximum atomic E-state index is 13.0. The number of alkyl halides is 3. The normalized spacial score (nSPS) is 13.9. The van der Waals surface area contributed by atoms with E-state index in [1.807, 2.05) is 24.3 Å². The lowest BCUT2D eigenvalue weighted by Crippen LogP contribution is -2.20. The molecule has 0 aliphatic heterocycles. The summed E-state index contributed by atoms with van der Waals surface area (Å²) in [5.74, 6) is 1.32. The molecule has 1 fully saturated rings. The van der Waals surface area contributed by atoms with Gasteiger partial charge in [-0.3, -0.25) is 0 Å². The van der Waals surface area contributed by atoms with Crippen LogP contribution >= 0.6 is 11.6 Å². The fraction of sp³-hybridized carbons (Fsp3) is 0.227. The Bertz CT molecular complexity index is 1100. The van der Waals surface area contributed by atoms with Gasteiger partial charge in [-0.25, -0.2) is 4.79 Å². The Morgan fingerprint density at radius 2 is 1.87 bits per heavy atom. The van der Waals surface area contributed by atoms with Gasteiger partial charge in [0, 0.05) is 11.1 Å². The average Bonchev–Trinajstić information content (AvgIpc) is 3.52. The van der Waals surface area contributed by atoms with Gasteiger partial charge in [0.1, 0.15) is 5.75 Å². The van der Waals surface area contributed by atoms with Gasteiger partial charge in [0.25, 0.3) is 0 Å². The minimum Gasteiger partial charge on any atom is -0.493 e. The second-order valence-corrected chi connectivity index (χ2v) is 7.62. The summed E-state index contributed by atoms with van der Waals surface area (Å²) in [5.41, 5.74) is -0.505. The van der Waals surface area contributed by atoms with E-state index >= 15 is 0 Å². The van der Waals surface area contributed by atoms with E-state index in [1.165, 1.54) is 18.9 Å². The summed E-state index contributed by atoms with van der Waals surface area (Å²) >= 11 is 5.62. The van der Waals surface area contributed by atoms with E-state index in [2.05, 4.69) is 10.6 Å². The van der Waals surface area contributed by atoms with Gasteiger partial charge in [0.05, 0.1) is 22.9 Å². The molecule has 4 nitrogen and oxygen atoms in total. The molecule has 4 rings (SSSR count). The minimum absolute atomic E-state index is 0.0158. The number of ether oxygens (including phenoxy) is 1. The molecule has 156 valence electrons. The number of hydrogen-bond donors (Lipinski definition) is 2. The van der Waals surface area contributed by atoms with Gasteiger partial charge >= 0.3 is 12.2 Å². The SMILES string of the molecule is O=C(Nc1ccc(Cl)c(C(F)(F)F)c1)Nc1cccc2ccc(OCC3CC3)cc12. The summed E-state index contributed by atoms with van der Waals surface area (Å²) in [6.07, 6.45) is -2.25. The van der Waals surface area contributed by atoms with Crippen LogP contribution < -0.4 is 15.4 Å². The Labute approximate surface area is 176 Å². The highest BCUT2D eigenvalue weighted by Crippen LogP contribution is 2.36. The number of benzene rings is 3. The molecule has 2 N–H and O–H groups in total. The van der Waals surface area contributed by atoms with E-state index in [-0.39, 0.29) is 5.69 Å². The number of fused-ring (bicyclic) bond motifs is 1. The first-order valence-corrected chi connectivity index (χ1v) is 9.78.